The highest BCUT2D eigenvalue weighted by molar-refractivity contribution is 8.00. The van der Waals surface area contributed by atoms with E-state index in [0.29, 0.717) is 6.54 Å². The molecule has 1 aliphatic rings. The van der Waals surface area contributed by atoms with Crippen molar-refractivity contribution in [2.24, 2.45) is 0 Å². The van der Waals surface area contributed by atoms with E-state index in [1.807, 2.05) is 11.6 Å². The van der Waals surface area contributed by atoms with Gasteiger partial charge in [0.25, 0.3) is 0 Å². The average Bonchev–Trinajstić information content (AvgIpc) is 2.19. The summed E-state index contributed by atoms with van der Waals surface area (Å²) in [7, 11) is 0. The van der Waals surface area contributed by atoms with Gasteiger partial charge in [0, 0.05) is 11.6 Å². The van der Waals surface area contributed by atoms with Crippen LogP contribution in [0.1, 0.15) is 0 Å². The Balaban J connectivity index is 2.25. The maximum Gasteiger partial charge on any atom is 0.140 e. The lowest BCUT2D eigenvalue weighted by Crippen LogP contribution is -2.25. The fraction of sp³-hybridized carbons (Fsp3) is 0.250. The third-order valence-electron chi connectivity index (χ3n) is 0.750. The molecule has 0 unspecified atom stereocenters. The van der Waals surface area contributed by atoms with Crippen molar-refractivity contribution >= 4 is 18.2 Å². The first kappa shape index (κ1) is 5.65. The predicted octanol–water partition coefficient (Wildman–Crippen LogP) is 0.125. The molecule has 0 saturated carbocycles. The van der Waals surface area contributed by atoms with Gasteiger partial charge in [0.2, 0.25) is 0 Å². The number of carbonyl (C=O) groups excluding carboxylic acids is 1. The second-order valence-corrected chi connectivity index (χ2v) is 2.00. The molecule has 0 aromatic rings. The third-order valence-corrected chi connectivity index (χ3v) is 1.35. The molecule has 1 aliphatic heterocycles. The highest BCUT2D eigenvalue weighted by atomic mass is 32.2. The smallest absolute Gasteiger partial charge is 0.140 e. The number of rotatable bonds is 2. The topological polar surface area (TPSA) is 32.3 Å². The zero-order chi connectivity index (χ0) is 5.82. The number of hydrogen-bond acceptors (Lipinski definition) is 4. The molecular formula is C4H6N2OS. The maximum absolute atomic E-state index is 9.84. The number of carbonyl (C=O) groups is 1. The van der Waals surface area contributed by atoms with E-state index in [4.69, 9.17) is 0 Å². The van der Waals surface area contributed by atoms with E-state index in [1.165, 1.54) is 11.9 Å². The Bertz CT molecular complexity index is 115. The minimum absolute atomic E-state index is 0.420. The van der Waals surface area contributed by atoms with Crippen LogP contribution in [0.25, 0.3) is 0 Å². The average molecular weight is 130 g/mol. The Morgan fingerprint density at radius 3 is 3.25 bits per heavy atom. The summed E-state index contributed by atoms with van der Waals surface area (Å²) in [5.74, 6) is 0. The molecule has 0 atom stereocenters. The summed E-state index contributed by atoms with van der Waals surface area (Å²) in [6.07, 6.45) is 2.67. The molecule has 0 aromatic carbocycles. The van der Waals surface area contributed by atoms with Crippen molar-refractivity contribution in [3.8, 4) is 0 Å². The fourth-order valence-electron chi connectivity index (χ4n) is 0.411. The first-order chi connectivity index (χ1) is 3.93. The van der Waals surface area contributed by atoms with E-state index in [0.717, 1.165) is 6.29 Å². The van der Waals surface area contributed by atoms with Gasteiger partial charge in [0.15, 0.2) is 0 Å². The van der Waals surface area contributed by atoms with Crippen molar-refractivity contribution in [1.82, 2.24) is 9.84 Å². The summed E-state index contributed by atoms with van der Waals surface area (Å²) < 4.78 is 0. The molecule has 1 N–H and O–H groups in total. The monoisotopic (exact) mass is 130 g/mol. The van der Waals surface area contributed by atoms with Gasteiger partial charge in [-0.2, -0.15) is 4.83 Å². The minimum Gasteiger partial charge on any atom is -0.301 e. The summed E-state index contributed by atoms with van der Waals surface area (Å²) in [6.45, 7) is 0.420. The summed E-state index contributed by atoms with van der Waals surface area (Å²) in [6, 6.07) is 0. The van der Waals surface area contributed by atoms with Crippen molar-refractivity contribution in [2.45, 2.75) is 0 Å². The molecule has 0 aliphatic carbocycles. The highest BCUT2D eigenvalue weighted by Gasteiger charge is 1.99. The second kappa shape index (κ2) is 2.74. The van der Waals surface area contributed by atoms with Gasteiger partial charge in [-0.05, 0) is 11.9 Å². The van der Waals surface area contributed by atoms with E-state index < -0.39 is 0 Å². The van der Waals surface area contributed by atoms with Crippen LogP contribution in [0.4, 0.5) is 0 Å². The van der Waals surface area contributed by atoms with Crippen LogP contribution in [-0.4, -0.2) is 17.8 Å². The number of hydrogen-bond donors (Lipinski definition) is 1. The van der Waals surface area contributed by atoms with E-state index in [2.05, 4.69) is 4.83 Å². The Morgan fingerprint density at radius 2 is 2.75 bits per heavy atom. The first-order valence-corrected chi connectivity index (χ1v) is 3.09. The standard InChI is InChI=1S/C4H6N2OS/c7-3-1-6-2-4-8-5-6/h2-5H,1H2. The molecule has 0 amide bonds. The van der Waals surface area contributed by atoms with Crippen LogP contribution in [0.3, 0.4) is 0 Å². The van der Waals surface area contributed by atoms with Crippen LogP contribution in [0.15, 0.2) is 11.6 Å². The lowest BCUT2D eigenvalue weighted by molar-refractivity contribution is -0.108. The number of hydrazine groups is 1. The number of nitrogens with zero attached hydrogens (tertiary/aromatic N) is 1. The summed E-state index contributed by atoms with van der Waals surface area (Å²) >= 11 is 1.46. The van der Waals surface area contributed by atoms with Crippen LogP contribution < -0.4 is 4.83 Å². The van der Waals surface area contributed by atoms with Crippen molar-refractivity contribution in [2.75, 3.05) is 6.54 Å². The van der Waals surface area contributed by atoms with Gasteiger partial charge >= 0.3 is 0 Å². The molecule has 0 aromatic heterocycles. The molecule has 0 spiro atoms. The fourth-order valence-corrected chi connectivity index (χ4v) is 0.950. The SMILES string of the molecule is O=CCN1C=CSN1. The molecule has 4 heteroatoms. The van der Waals surface area contributed by atoms with Gasteiger partial charge in [-0.25, -0.2) is 0 Å². The van der Waals surface area contributed by atoms with Gasteiger partial charge < -0.3 is 4.79 Å². The molecule has 3 nitrogen and oxygen atoms in total. The lowest BCUT2D eigenvalue weighted by Gasteiger charge is -2.08. The zero-order valence-electron chi connectivity index (χ0n) is 4.20. The van der Waals surface area contributed by atoms with Crippen LogP contribution >= 0.6 is 11.9 Å². The molecular weight excluding hydrogens is 124 g/mol. The molecule has 0 fully saturated rings. The van der Waals surface area contributed by atoms with E-state index in [-0.39, 0.29) is 0 Å². The zero-order valence-corrected chi connectivity index (χ0v) is 5.02. The van der Waals surface area contributed by atoms with Gasteiger partial charge in [-0.1, -0.05) is 0 Å². The normalized spacial score (nSPS) is 17.2. The Labute approximate surface area is 51.8 Å². The van der Waals surface area contributed by atoms with E-state index >= 15 is 0 Å². The second-order valence-electron chi connectivity index (χ2n) is 1.31. The van der Waals surface area contributed by atoms with Crippen molar-refractivity contribution in [3.63, 3.8) is 0 Å². The Hall–Kier alpha value is -0.480. The van der Waals surface area contributed by atoms with Gasteiger partial charge in [0.1, 0.15) is 6.29 Å². The molecule has 0 saturated heterocycles. The van der Waals surface area contributed by atoms with Gasteiger partial charge in [-0.15, -0.1) is 0 Å². The molecule has 0 radical (unpaired) electrons. The summed E-state index contributed by atoms with van der Waals surface area (Å²) in [5, 5.41) is 3.58. The molecule has 0 bridgehead atoms. The van der Waals surface area contributed by atoms with Crippen LogP contribution in [0.5, 0.6) is 0 Å². The van der Waals surface area contributed by atoms with E-state index in [1.54, 1.807) is 5.01 Å². The van der Waals surface area contributed by atoms with Crippen molar-refractivity contribution < 1.29 is 4.79 Å². The number of aldehydes is 1. The quantitative estimate of drug-likeness (QED) is 0.425. The summed E-state index contributed by atoms with van der Waals surface area (Å²) in [5.41, 5.74) is 0. The molecule has 1 rings (SSSR count). The highest BCUT2D eigenvalue weighted by Crippen LogP contribution is 2.05. The molecule has 44 valence electrons. The maximum atomic E-state index is 9.84. The van der Waals surface area contributed by atoms with Crippen molar-refractivity contribution in [1.29, 1.82) is 0 Å². The third kappa shape index (κ3) is 1.24. The van der Waals surface area contributed by atoms with Gasteiger partial charge in [-0.3, -0.25) is 5.01 Å². The predicted molar refractivity (Wildman–Crippen MR) is 32.6 cm³/mol. The molecule has 1 heterocycles. The van der Waals surface area contributed by atoms with E-state index in [9.17, 15) is 4.79 Å². The van der Waals surface area contributed by atoms with Crippen molar-refractivity contribution in [3.05, 3.63) is 11.6 Å². The Morgan fingerprint density at radius 1 is 1.88 bits per heavy atom. The summed E-state index contributed by atoms with van der Waals surface area (Å²) in [4.78, 5) is 12.7. The van der Waals surface area contributed by atoms with Crippen LogP contribution in [-0.2, 0) is 4.79 Å². The van der Waals surface area contributed by atoms with Gasteiger partial charge in [0.05, 0.1) is 6.54 Å². The molecule has 8 heavy (non-hydrogen) atoms. The Kier molecular flexibility index (Phi) is 1.93. The number of nitrogens with one attached hydrogen (secondary N) is 1. The minimum atomic E-state index is 0.420. The van der Waals surface area contributed by atoms with Crippen LogP contribution in [0, 0.1) is 0 Å². The lowest BCUT2D eigenvalue weighted by atomic mass is 10.7. The van der Waals surface area contributed by atoms with Crippen LogP contribution in [0.2, 0.25) is 0 Å². The first-order valence-electron chi connectivity index (χ1n) is 2.22. The largest absolute Gasteiger partial charge is 0.301 e.